The zero-order valence-corrected chi connectivity index (χ0v) is 10.5. The van der Waals surface area contributed by atoms with Crippen LogP contribution in [0.2, 0.25) is 0 Å². The van der Waals surface area contributed by atoms with Gasteiger partial charge >= 0.3 is 0 Å². The Labute approximate surface area is 99.7 Å². The van der Waals surface area contributed by atoms with Crippen LogP contribution in [0.15, 0.2) is 6.07 Å². The molecule has 2 rings (SSSR count). The van der Waals surface area contributed by atoms with Crippen LogP contribution in [0.1, 0.15) is 33.5 Å². The van der Waals surface area contributed by atoms with Gasteiger partial charge in [0.15, 0.2) is 0 Å². The molecule has 1 amide bonds. The number of hydrogen-bond acceptors (Lipinski definition) is 3. The predicted octanol–water partition coefficient (Wildman–Crippen LogP) is 1.69. The summed E-state index contributed by atoms with van der Waals surface area (Å²) in [6.45, 7) is 2.08. The first-order valence-electron chi connectivity index (χ1n) is 5.63. The average molecular weight is 239 g/mol. The SMILES string of the molecule is CC(O)CN(C)C(=O)c1cc2c(s1)CCC2. The lowest BCUT2D eigenvalue weighted by molar-refractivity contribution is 0.0708. The van der Waals surface area contributed by atoms with E-state index in [4.69, 9.17) is 0 Å². The van der Waals surface area contributed by atoms with Gasteiger partial charge in [-0.1, -0.05) is 0 Å². The van der Waals surface area contributed by atoms with Gasteiger partial charge in [-0.2, -0.15) is 0 Å². The monoisotopic (exact) mass is 239 g/mol. The van der Waals surface area contributed by atoms with Crippen LogP contribution in [-0.2, 0) is 12.8 Å². The van der Waals surface area contributed by atoms with Gasteiger partial charge in [0.2, 0.25) is 0 Å². The number of nitrogens with zero attached hydrogens (tertiary/aromatic N) is 1. The van der Waals surface area contributed by atoms with Gasteiger partial charge in [-0.25, -0.2) is 0 Å². The van der Waals surface area contributed by atoms with Gasteiger partial charge in [-0.3, -0.25) is 4.79 Å². The van der Waals surface area contributed by atoms with Crippen LogP contribution < -0.4 is 0 Å². The van der Waals surface area contributed by atoms with Gasteiger partial charge in [0.1, 0.15) is 0 Å². The van der Waals surface area contributed by atoms with Gasteiger partial charge in [0.05, 0.1) is 11.0 Å². The number of amides is 1. The summed E-state index contributed by atoms with van der Waals surface area (Å²) in [5.41, 5.74) is 1.35. The summed E-state index contributed by atoms with van der Waals surface area (Å²) in [5, 5.41) is 9.25. The van der Waals surface area contributed by atoms with Crippen molar-refractivity contribution in [1.82, 2.24) is 4.90 Å². The van der Waals surface area contributed by atoms with Gasteiger partial charge in [-0.05, 0) is 37.8 Å². The van der Waals surface area contributed by atoms with Crippen molar-refractivity contribution in [3.05, 3.63) is 21.4 Å². The number of carbonyl (C=O) groups excluding carboxylic acids is 1. The van der Waals surface area contributed by atoms with Crippen molar-refractivity contribution in [2.45, 2.75) is 32.3 Å². The number of hydrogen-bond donors (Lipinski definition) is 1. The van der Waals surface area contributed by atoms with E-state index in [1.165, 1.54) is 16.9 Å². The van der Waals surface area contributed by atoms with Gasteiger partial charge in [0.25, 0.3) is 5.91 Å². The molecule has 0 saturated carbocycles. The topological polar surface area (TPSA) is 40.5 Å². The molecule has 16 heavy (non-hydrogen) atoms. The van der Waals surface area contributed by atoms with Crippen LogP contribution in [0.25, 0.3) is 0 Å². The summed E-state index contributed by atoms with van der Waals surface area (Å²) in [6.07, 6.45) is 2.98. The maximum absolute atomic E-state index is 12.0. The molecule has 1 aliphatic rings. The fourth-order valence-corrected chi connectivity index (χ4v) is 3.35. The summed E-state index contributed by atoms with van der Waals surface area (Å²) in [5.74, 6) is 0.0281. The molecule has 1 aromatic heterocycles. The van der Waals surface area contributed by atoms with Crippen LogP contribution >= 0.6 is 11.3 Å². The van der Waals surface area contributed by atoms with Crippen molar-refractivity contribution in [1.29, 1.82) is 0 Å². The summed E-state index contributed by atoms with van der Waals surface area (Å²) in [6, 6.07) is 2.02. The molecule has 1 aliphatic carbocycles. The van der Waals surface area contributed by atoms with E-state index in [1.807, 2.05) is 6.07 Å². The lowest BCUT2D eigenvalue weighted by Crippen LogP contribution is -2.32. The van der Waals surface area contributed by atoms with Crippen molar-refractivity contribution < 1.29 is 9.90 Å². The molecule has 0 spiro atoms. The second kappa shape index (κ2) is 4.55. The molecule has 0 radical (unpaired) electrons. The number of aliphatic hydroxyl groups excluding tert-OH is 1. The number of rotatable bonds is 3. The number of aryl methyl sites for hydroxylation is 2. The summed E-state index contributed by atoms with van der Waals surface area (Å²) >= 11 is 1.61. The first-order valence-corrected chi connectivity index (χ1v) is 6.44. The zero-order valence-electron chi connectivity index (χ0n) is 9.69. The third-order valence-electron chi connectivity index (χ3n) is 2.84. The van der Waals surface area contributed by atoms with Crippen LogP contribution in [0.3, 0.4) is 0 Å². The van der Waals surface area contributed by atoms with Crippen molar-refractivity contribution in [3.8, 4) is 0 Å². The molecule has 0 fully saturated rings. The largest absolute Gasteiger partial charge is 0.392 e. The first-order chi connectivity index (χ1) is 7.58. The van der Waals surface area contributed by atoms with Crippen LogP contribution in [0, 0.1) is 0 Å². The molecule has 0 aliphatic heterocycles. The molecule has 1 atom stereocenters. The van der Waals surface area contributed by atoms with Gasteiger partial charge < -0.3 is 10.0 Å². The molecule has 3 nitrogen and oxygen atoms in total. The second-order valence-electron chi connectivity index (χ2n) is 4.45. The molecule has 1 heterocycles. The highest BCUT2D eigenvalue weighted by molar-refractivity contribution is 7.14. The molecule has 1 unspecified atom stereocenters. The number of likely N-dealkylation sites (N-methyl/N-ethyl adjacent to an activating group) is 1. The fraction of sp³-hybridized carbons (Fsp3) is 0.583. The minimum absolute atomic E-state index is 0.0281. The van der Waals surface area contributed by atoms with Crippen LogP contribution in [0.4, 0.5) is 0 Å². The summed E-state index contributed by atoms with van der Waals surface area (Å²) in [7, 11) is 1.74. The van der Waals surface area contributed by atoms with Crippen molar-refractivity contribution in [3.63, 3.8) is 0 Å². The highest BCUT2D eigenvalue weighted by Gasteiger charge is 2.20. The molecule has 4 heteroatoms. The molecule has 1 aromatic rings. The maximum atomic E-state index is 12.0. The normalized spacial score (nSPS) is 15.9. The van der Waals surface area contributed by atoms with Crippen LogP contribution in [0.5, 0.6) is 0 Å². The lowest BCUT2D eigenvalue weighted by Gasteiger charge is -2.17. The molecule has 0 aromatic carbocycles. The Balaban J connectivity index is 2.09. The van der Waals surface area contributed by atoms with E-state index in [0.717, 1.165) is 17.7 Å². The van der Waals surface area contributed by atoms with E-state index < -0.39 is 6.10 Å². The predicted molar refractivity (Wildman–Crippen MR) is 65.0 cm³/mol. The smallest absolute Gasteiger partial charge is 0.263 e. The Morgan fingerprint density at radius 2 is 2.38 bits per heavy atom. The van der Waals surface area contributed by atoms with E-state index in [-0.39, 0.29) is 5.91 Å². The second-order valence-corrected chi connectivity index (χ2v) is 5.58. The van der Waals surface area contributed by atoms with Crippen molar-refractivity contribution >= 4 is 17.2 Å². The van der Waals surface area contributed by atoms with Crippen molar-refractivity contribution in [2.24, 2.45) is 0 Å². The summed E-state index contributed by atoms with van der Waals surface area (Å²) < 4.78 is 0. The Hall–Kier alpha value is -0.870. The Morgan fingerprint density at radius 3 is 3.00 bits per heavy atom. The first kappa shape index (κ1) is 11.6. The molecule has 0 saturated heterocycles. The molecule has 1 N–H and O–H groups in total. The Bertz CT molecular complexity index is 376. The quantitative estimate of drug-likeness (QED) is 0.872. The maximum Gasteiger partial charge on any atom is 0.263 e. The van der Waals surface area contributed by atoms with E-state index in [1.54, 1.807) is 30.2 Å². The molecule has 0 bridgehead atoms. The van der Waals surface area contributed by atoms with Gasteiger partial charge in [0, 0.05) is 18.5 Å². The van der Waals surface area contributed by atoms with E-state index in [0.29, 0.717) is 6.54 Å². The Morgan fingerprint density at radius 1 is 1.62 bits per heavy atom. The number of fused-ring (bicyclic) bond motifs is 1. The number of carbonyl (C=O) groups is 1. The van der Waals surface area contributed by atoms with Crippen molar-refractivity contribution in [2.75, 3.05) is 13.6 Å². The van der Waals surface area contributed by atoms with E-state index in [9.17, 15) is 9.90 Å². The minimum Gasteiger partial charge on any atom is -0.392 e. The highest BCUT2D eigenvalue weighted by atomic mass is 32.1. The third-order valence-corrected chi connectivity index (χ3v) is 4.07. The Kier molecular flexibility index (Phi) is 3.30. The third kappa shape index (κ3) is 2.28. The zero-order chi connectivity index (χ0) is 11.7. The molecule has 88 valence electrons. The minimum atomic E-state index is -0.472. The van der Waals surface area contributed by atoms with E-state index >= 15 is 0 Å². The molecular formula is C12H17NO2S. The lowest BCUT2D eigenvalue weighted by atomic mass is 10.2. The van der Waals surface area contributed by atoms with Crippen LogP contribution in [-0.4, -0.2) is 35.6 Å². The highest BCUT2D eigenvalue weighted by Crippen LogP contribution is 2.31. The number of thiophene rings is 1. The van der Waals surface area contributed by atoms with Gasteiger partial charge in [-0.15, -0.1) is 11.3 Å². The standard InChI is InChI=1S/C12H17NO2S/c1-8(14)7-13(2)12(15)11-6-9-4-3-5-10(9)16-11/h6,8,14H,3-5,7H2,1-2H3. The average Bonchev–Trinajstić information content (AvgIpc) is 2.74. The number of aliphatic hydroxyl groups is 1. The fourth-order valence-electron chi connectivity index (χ4n) is 2.10. The molecular weight excluding hydrogens is 222 g/mol. The van der Waals surface area contributed by atoms with E-state index in [2.05, 4.69) is 0 Å². The summed E-state index contributed by atoms with van der Waals surface area (Å²) in [4.78, 5) is 15.8.